The molecule has 0 spiro atoms. The van der Waals surface area contributed by atoms with E-state index in [0.29, 0.717) is 19.3 Å². The van der Waals surface area contributed by atoms with Crippen LogP contribution in [-0.4, -0.2) is 80.6 Å². The zero-order valence-electron chi connectivity index (χ0n) is 37.9. The number of hydrogen-bond donors (Lipinski definition) is 1. The van der Waals surface area contributed by atoms with Crippen molar-refractivity contribution in [1.29, 1.82) is 0 Å². The fourth-order valence-corrected chi connectivity index (χ4v) is 5.98. The first-order valence-corrected chi connectivity index (χ1v) is 22.8. The van der Waals surface area contributed by atoms with Crippen molar-refractivity contribution in [1.82, 2.24) is 0 Å². The minimum Gasteiger partial charge on any atom is -0.477 e. The van der Waals surface area contributed by atoms with Crippen molar-refractivity contribution in [2.45, 2.75) is 167 Å². The predicted octanol–water partition coefficient (Wildman–Crippen LogP) is 12.7. The van der Waals surface area contributed by atoms with Crippen molar-refractivity contribution in [3.8, 4) is 0 Å². The van der Waals surface area contributed by atoms with Gasteiger partial charge in [-0.15, -0.1) is 0 Å². The van der Waals surface area contributed by atoms with Gasteiger partial charge in [0.2, 0.25) is 0 Å². The number of carboxylic acid groups (broad SMARTS) is 1. The Morgan fingerprint density at radius 3 is 1.54 bits per heavy atom. The number of carbonyl (C=O) groups excluding carboxylic acids is 2. The van der Waals surface area contributed by atoms with Crippen molar-refractivity contribution in [2.24, 2.45) is 0 Å². The number of carboxylic acids is 1. The zero-order chi connectivity index (χ0) is 43.5. The Morgan fingerprint density at radius 2 is 1.02 bits per heavy atom. The first-order chi connectivity index (χ1) is 28.6. The number of allylic oxidation sites excluding steroid dienone is 16. The summed E-state index contributed by atoms with van der Waals surface area (Å²) in [7, 11) is 5.49. The lowest BCUT2D eigenvalue weighted by Gasteiger charge is -2.31. The van der Waals surface area contributed by atoms with Crippen molar-refractivity contribution in [3.05, 3.63) is 97.2 Å². The van der Waals surface area contributed by atoms with Gasteiger partial charge in [0.1, 0.15) is 6.61 Å². The van der Waals surface area contributed by atoms with Crippen LogP contribution >= 0.6 is 0 Å². The molecule has 2 atom stereocenters. The second kappa shape index (κ2) is 41.0. The summed E-state index contributed by atoms with van der Waals surface area (Å²) in [4.78, 5) is 37.0. The molecule has 59 heavy (non-hydrogen) atoms. The Balaban J connectivity index is 4.48. The van der Waals surface area contributed by atoms with E-state index in [1.54, 1.807) is 0 Å². The molecular weight excluding hydrogens is 739 g/mol. The first kappa shape index (κ1) is 55.2. The van der Waals surface area contributed by atoms with Crippen LogP contribution in [0.3, 0.4) is 0 Å². The molecule has 0 bridgehead atoms. The number of likely N-dealkylation sites (N-methyl/N-ethyl adjacent to an activating group) is 1. The molecule has 0 aliphatic carbocycles. The molecule has 8 heteroatoms. The molecule has 0 rings (SSSR count). The van der Waals surface area contributed by atoms with Crippen LogP contribution in [0.2, 0.25) is 0 Å². The fourth-order valence-electron chi connectivity index (χ4n) is 5.98. The van der Waals surface area contributed by atoms with Gasteiger partial charge < -0.3 is 23.8 Å². The Kier molecular flexibility index (Phi) is 38.4. The van der Waals surface area contributed by atoms with Crippen LogP contribution in [0.5, 0.6) is 0 Å². The van der Waals surface area contributed by atoms with E-state index in [9.17, 15) is 19.5 Å². The molecule has 0 amide bonds. The van der Waals surface area contributed by atoms with Gasteiger partial charge in [-0.2, -0.15) is 0 Å². The largest absolute Gasteiger partial charge is 0.477 e. The number of quaternary nitrogens is 1. The van der Waals surface area contributed by atoms with Gasteiger partial charge in [-0.25, -0.2) is 4.79 Å². The number of nitrogens with zero attached hydrogens (tertiary/aromatic N) is 1. The average molecular weight is 823 g/mol. The molecule has 0 heterocycles. The molecule has 334 valence electrons. The smallest absolute Gasteiger partial charge is 0.362 e. The third-order valence-electron chi connectivity index (χ3n) is 9.50. The van der Waals surface area contributed by atoms with Gasteiger partial charge in [0.25, 0.3) is 0 Å². The summed E-state index contributed by atoms with van der Waals surface area (Å²) in [6, 6.07) is -0.632. The number of rotatable bonds is 39. The molecule has 0 aromatic heterocycles. The monoisotopic (exact) mass is 823 g/mol. The standard InChI is InChI=1S/C51H83NO7/c1-6-8-10-12-14-16-18-20-22-23-24-25-26-28-30-32-34-36-38-40-42-50(54)59-47(45-57-44-43-48(51(55)56)52(3,4)5)46-58-49(53)41-39-37-35-33-31-29-27-21-19-17-15-13-11-9-7-2/h8,10,14-17,19-22,24-25,28,30,34,36,47-48H,6-7,9,11-13,18,23,26-27,29,31-33,35,37-46H2,1-5H3/p+1/b10-8+,16-14+,17-15+,21-19+,22-20+,25-24+,30-28+,36-34+. The van der Waals surface area contributed by atoms with E-state index in [1.165, 1.54) is 32.1 Å². The number of esters is 2. The highest BCUT2D eigenvalue weighted by Gasteiger charge is 2.31. The van der Waals surface area contributed by atoms with Gasteiger partial charge in [-0.05, 0) is 83.5 Å². The molecule has 0 aromatic carbocycles. The lowest BCUT2D eigenvalue weighted by molar-refractivity contribution is -0.887. The summed E-state index contributed by atoms with van der Waals surface area (Å²) in [6.45, 7) is 4.50. The second-order valence-corrected chi connectivity index (χ2v) is 15.9. The van der Waals surface area contributed by atoms with E-state index in [-0.39, 0.29) is 42.7 Å². The maximum atomic E-state index is 12.7. The number of carbonyl (C=O) groups is 3. The van der Waals surface area contributed by atoms with Crippen LogP contribution in [0.1, 0.15) is 155 Å². The summed E-state index contributed by atoms with van der Waals surface area (Å²) in [5, 5.41) is 9.63. The molecule has 2 unspecified atom stereocenters. The second-order valence-electron chi connectivity index (χ2n) is 15.9. The van der Waals surface area contributed by atoms with Crippen molar-refractivity contribution < 1.29 is 38.2 Å². The Hall–Kier alpha value is -3.75. The fraction of sp³-hybridized carbons (Fsp3) is 0.627. The Labute approximate surface area is 360 Å². The summed E-state index contributed by atoms with van der Waals surface area (Å²) < 4.78 is 17.2. The molecular formula is C51H84NO7+. The number of ether oxygens (including phenoxy) is 3. The summed E-state index contributed by atoms with van der Waals surface area (Å²) in [5.41, 5.74) is 0. The van der Waals surface area contributed by atoms with Crippen LogP contribution < -0.4 is 0 Å². The van der Waals surface area contributed by atoms with E-state index >= 15 is 0 Å². The maximum Gasteiger partial charge on any atom is 0.362 e. The third-order valence-corrected chi connectivity index (χ3v) is 9.50. The highest BCUT2D eigenvalue weighted by molar-refractivity contribution is 5.72. The highest BCUT2D eigenvalue weighted by Crippen LogP contribution is 2.12. The predicted molar refractivity (Wildman–Crippen MR) is 247 cm³/mol. The van der Waals surface area contributed by atoms with Gasteiger partial charge in [-0.1, -0.05) is 150 Å². The molecule has 0 saturated heterocycles. The van der Waals surface area contributed by atoms with Crippen LogP contribution in [0, 0.1) is 0 Å². The Bertz CT molecular complexity index is 1280. The minimum atomic E-state index is -0.890. The van der Waals surface area contributed by atoms with E-state index < -0.39 is 18.1 Å². The minimum absolute atomic E-state index is 0.0279. The van der Waals surface area contributed by atoms with E-state index in [0.717, 1.165) is 83.5 Å². The van der Waals surface area contributed by atoms with E-state index in [2.05, 4.69) is 111 Å². The zero-order valence-corrected chi connectivity index (χ0v) is 37.9. The first-order valence-electron chi connectivity index (χ1n) is 22.8. The van der Waals surface area contributed by atoms with Crippen molar-refractivity contribution in [3.63, 3.8) is 0 Å². The van der Waals surface area contributed by atoms with Crippen molar-refractivity contribution >= 4 is 17.9 Å². The van der Waals surface area contributed by atoms with Crippen LogP contribution in [0.25, 0.3) is 0 Å². The van der Waals surface area contributed by atoms with E-state index in [1.807, 2.05) is 21.1 Å². The molecule has 0 radical (unpaired) electrons. The normalized spacial score (nSPS) is 13.8. The van der Waals surface area contributed by atoms with Crippen LogP contribution in [0.4, 0.5) is 0 Å². The maximum absolute atomic E-state index is 12.7. The van der Waals surface area contributed by atoms with Crippen molar-refractivity contribution in [2.75, 3.05) is 41.0 Å². The van der Waals surface area contributed by atoms with Gasteiger partial charge in [0.05, 0.1) is 34.4 Å². The lowest BCUT2D eigenvalue weighted by atomic mass is 10.1. The number of aliphatic carboxylic acids is 1. The molecule has 0 fully saturated rings. The van der Waals surface area contributed by atoms with Gasteiger partial charge in [0.15, 0.2) is 12.1 Å². The Morgan fingerprint density at radius 1 is 0.542 bits per heavy atom. The topological polar surface area (TPSA) is 99.1 Å². The van der Waals surface area contributed by atoms with Crippen LogP contribution in [0.15, 0.2) is 97.2 Å². The van der Waals surface area contributed by atoms with Gasteiger partial charge >= 0.3 is 17.9 Å². The summed E-state index contributed by atoms with van der Waals surface area (Å²) >= 11 is 0. The highest BCUT2D eigenvalue weighted by atomic mass is 16.6. The molecule has 0 saturated carbocycles. The van der Waals surface area contributed by atoms with Crippen LogP contribution in [-0.2, 0) is 28.6 Å². The third kappa shape index (κ3) is 39.5. The summed E-state index contributed by atoms with van der Waals surface area (Å²) in [6.07, 6.45) is 54.5. The molecule has 0 aliphatic heterocycles. The quantitative estimate of drug-likeness (QED) is 0.0217. The molecule has 0 aromatic rings. The molecule has 1 N–H and O–H groups in total. The average Bonchev–Trinajstić information content (AvgIpc) is 3.19. The van der Waals surface area contributed by atoms with E-state index in [4.69, 9.17) is 14.2 Å². The summed E-state index contributed by atoms with van der Waals surface area (Å²) in [5.74, 6) is -1.57. The molecule has 8 nitrogen and oxygen atoms in total. The lowest BCUT2D eigenvalue weighted by Crippen LogP contribution is -2.50. The SMILES string of the molecule is CC/C=C/C/C=C/C/C=C/C/C=C/C/C=C/C/C=C/CCCC(=O)OC(COCCC(C(=O)O)[N+](C)(C)C)COC(=O)CCCCCCCC/C=C/C=C/CCCCC. The number of hydrogen-bond acceptors (Lipinski definition) is 6. The van der Waals surface area contributed by atoms with Gasteiger partial charge in [0, 0.05) is 19.3 Å². The number of unbranched alkanes of at least 4 members (excludes halogenated alkanes) is 10. The molecule has 0 aliphatic rings. The van der Waals surface area contributed by atoms with Gasteiger partial charge in [-0.3, -0.25) is 9.59 Å².